The van der Waals surface area contributed by atoms with Crippen LogP contribution in [0.4, 0.5) is 0 Å². The van der Waals surface area contributed by atoms with E-state index in [1.165, 1.54) is 16.9 Å². The number of aryl methyl sites for hydroxylation is 2. The van der Waals surface area contributed by atoms with E-state index in [0.717, 1.165) is 34.3 Å². The van der Waals surface area contributed by atoms with Crippen LogP contribution in [0, 0.1) is 11.7 Å². The van der Waals surface area contributed by atoms with Crippen molar-refractivity contribution >= 4 is 39.5 Å². The molecule has 0 spiro atoms. The van der Waals surface area contributed by atoms with Crippen molar-refractivity contribution in [3.63, 3.8) is 0 Å². The lowest BCUT2D eigenvalue weighted by Gasteiger charge is -2.18. The van der Waals surface area contributed by atoms with Gasteiger partial charge >= 0.3 is 0 Å². The minimum absolute atomic E-state index is 0.00315. The normalized spacial score (nSPS) is 17.1. The number of nitrogens with one attached hydrogen (secondary N) is 1. The number of hydrogen-bond donors (Lipinski definition) is 1. The topological polar surface area (TPSA) is 55.1 Å². The van der Waals surface area contributed by atoms with E-state index in [9.17, 15) is 4.79 Å². The maximum absolute atomic E-state index is 13.6. The number of rotatable bonds is 1. The minimum Gasteiger partial charge on any atom is -0.268 e. The molecule has 1 aliphatic carbocycles. The van der Waals surface area contributed by atoms with Crippen LogP contribution in [-0.2, 0) is 6.42 Å². The SMILES string of the molecule is Cc1ccc(-n2c(=O)c3c4c(sc3n3c(=S)[nH]nc23)CCC[C@H]4C)cc1. The molecule has 1 atom stereocenters. The Morgan fingerprint density at radius 2 is 2.08 bits per heavy atom. The molecule has 1 aliphatic rings. The van der Waals surface area contributed by atoms with Crippen molar-refractivity contribution in [2.45, 2.75) is 39.0 Å². The van der Waals surface area contributed by atoms with Gasteiger partial charge in [-0.3, -0.25) is 4.79 Å². The van der Waals surface area contributed by atoms with E-state index in [-0.39, 0.29) is 5.56 Å². The van der Waals surface area contributed by atoms with Gasteiger partial charge in [0.15, 0.2) is 0 Å². The van der Waals surface area contributed by atoms with Gasteiger partial charge in [-0.05, 0) is 62.0 Å². The van der Waals surface area contributed by atoms with Gasteiger partial charge in [-0.2, -0.15) is 0 Å². The average molecular weight is 383 g/mol. The highest BCUT2D eigenvalue weighted by Crippen LogP contribution is 2.41. The predicted octanol–water partition coefficient (Wildman–Crippen LogP) is 4.51. The van der Waals surface area contributed by atoms with Crippen LogP contribution in [0.1, 0.15) is 41.7 Å². The largest absolute Gasteiger partial charge is 0.268 e. The Labute approximate surface area is 158 Å². The Morgan fingerprint density at radius 1 is 1.31 bits per heavy atom. The van der Waals surface area contributed by atoms with E-state index in [2.05, 4.69) is 17.1 Å². The van der Waals surface area contributed by atoms with E-state index < -0.39 is 0 Å². The molecular weight excluding hydrogens is 364 g/mol. The summed E-state index contributed by atoms with van der Waals surface area (Å²) in [4.78, 5) is 15.8. The van der Waals surface area contributed by atoms with E-state index in [1.54, 1.807) is 15.9 Å². The number of fused-ring (bicyclic) bond motifs is 5. The number of hydrogen-bond acceptors (Lipinski definition) is 4. The Bertz CT molecular complexity index is 1270. The van der Waals surface area contributed by atoms with Gasteiger partial charge in [-0.1, -0.05) is 24.6 Å². The number of H-pyrrole nitrogens is 1. The summed E-state index contributed by atoms with van der Waals surface area (Å²) >= 11 is 7.19. The number of aromatic amines is 1. The fraction of sp³-hybridized carbons (Fsp3) is 0.316. The summed E-state index contributed by atoms with van der Waals surface area (Å²) in [7, 11) is 0. The molecule has 0 radical (unpaired) electrons. The molecule has 0 saturated heterocycles. The fourth-order valence-electron chi connectivity index (χ4n) is 4.01. The highest BCUT2D eigenvalue weighted by Gasteiger charge is 2.27. The van der Waals surface area contributed by atoms with Gasteiger partial charge in [0.2, 0.25) is 10.5 Å². The van der Waals surface area contributed by atoms with Crippen molar-refractivity contribution in [2.75, 3.05) is 0 Å². The van der Waals surface area contributed by atoms with Crippen LogP contribution in [0.3, 0.4) is 0 Å². The summed E-state index contributed by atoms with van der Waals surface area (Å²) in [6, 6.07) is 7.94. The van der Waals surface area contributed by atoms with Crippen LogP contribution < -0.4 is 5.56 Å². The molecule has 3 heterocycles. The zero-order valence-electron chi connectivity index (χ0n) is 14.6. The highest BCUT2D eigenvalue weighted by atomic mass is 32.1. The summed E-state index contributed by atoms with van der Waals surface area (Å²) in [5, 5.41) is 8.05. The standard InChI is InChI=1S/C19H18N4OS2/c1-10-6-8-12(9-7-10)22-16(24)15-14-11(2)4-3-5-13(14)26-17(15)23-18(22)20-21-19(23)25/h6-9,11H,3-5H2,1-2H3,(H,21,25)/t11-/m1/s1. The minimum atomic E-state index is -0.00315. The molecular formula is C19H18N4OS2. The molecule has 5 nitrogen and oxygen atoms in total. The third-order valence-corrected chi connectivity index (χ3v) is 6.83. The van der Waals surface area contributed by atoms with Crippen LogP contribution >= 0.6 is 23.6 Å². The summed E-state index contributed by atoms with van der Waals surface area (Å²) in [5.41, 5.74) is 3.17. The maximum atomic E-state index is 13.6. The summed E-state index contributed by atoms with van der Waals surface area (Å²) in [6.07, 6.45) is 3.33. The van der Waals surface area contributed by atoms with Crippen LogP contribution in [-0.4, -0.2) is 19.2 Å². The number of nitrogens with zero attached hydrogens (tertiary/aromatic N) is 3. The molecule has 0 unspecified atom stereocenters. The molecule has 0 fully saturated rings. The molecule has 132 valence electrons. The Balaban J connectivity index is 2.01. The molecule has 4 aromatic rings. The van der Waals surface area contributed by atoms with Crippen molar-refractivity contribution in [1.29, 1.82) is 0 Å². The number of thiophene rings is 1. The first-order valence-electron chi connectivity index (χ1n) is 8.80. The molecule has 5 rings (SSSR count). The zero-order chi connectivity index (χ0) is 18.0. The summed E-state index contributed by atoms with van der Waals surface area (Å²) < 4.78 is 4.13. The zero-order valence-corrected chi connectivity index (χ0v) is 16.2. The first-order chi connectivity index (χ1) is 12.6. The monoisotopic (exact) mass is 382 g/mol. The van der Waals surface area contributed by atoms with Crippen LogP contribution in [0.5, 0.6) is 0 Å². The van der Waals surface area contributed by atoms with E-state index in [0.29, 0.717) is 16.5 Å². The Kier molecular flexibility index (Phi) is 3.45. The third-order valence-electron chi connectivity index (χ3n) is 5.30. The van der Waals surface area contributed by atoms with E-state index in [1.807, 2.05) is 35.6 Å². The van der Waals surface area contributed by atoms with Crippen molar-refractivity contribution in [2.24, 2.45) is 0 Å². The Morgan fingerprint density at radius 3 is 2.85 bits per heavy atom. The molecule has 7 heteroatoms. The lowest BCUT2D eigenvalue weighted by atomic mass is 9.88. The molecule has 3 aromatic heterocycles. The smallest absolute Gasteiger partial charge is 0.268 e. The molecule has 0 aliphatic heterocycles. The first-order valence-corrected chi connectivity index (χ1v) is 10.0. The second-order valence-corrected chi connectivity index (χ2v) is 8.52. The summed E-state index contributed by atoms with van der Waals surface area (Å²) in [5.74, 6) is 0.938. The van der Waals surface area contributed by atoms with Gasteiger partial charge < -0.3 is 0 Å². The molecule has 0 saturated carbocycles. The predicted molar refractivity (Wildman–Crippen MR) is 107 cm³/mol. The maximum Gasteiger partial charge on any atom is 0.268 e. The fourth-order valence-corrected chi connectivity index (χ4v) is 5.75. The van der Waals surface area contributed by atoms with Crippen molar-refractivity contribution in [1.82, 2.24) is 19.2 Å². The number of aromatic nitrogens is 4. The van der Waals surface area contributed by atoms with E-state index in [4.69, 9.17) is 12.2 Å². The van der Waals surface area contributed by atoms with Gasteiger partial charge in [0, 0.05) is 4.88 Å². The molecule has 0 bridgehead atoms. The lowest BCUT2D eigenvalue weighted by Crippen LogP contribution is -2.22. The summed E-state index contributed by atoms with van der Waals surface area (Å²) in [6.45, 7) is 4.26. The third kappa shape index (κ3) is 2.10. The first kappa shape index (κ1) is 16.0. The second-order valence-electron chi connectivity index (χ2n) is 7.05. The van der Waals surface area contributed by atoms with E-state index >= 15 is 0 Å². The second kappa shape index (κ2) is 5.62. The molecule has 26 heavy (non-hydrogen) atoms. The van der Waals surface area contributed by atoms with Crippen molar-refractivity contribution in [3.8, 4) is 5.69 Å². The van der Waals surface area contributed by atoms with Crippen LogP contribution in [0.25, 0.3) is 21.7 Å². The Hall–Kier alpha value is -2.25. The van der Waals surface area contributed by atoms with Crippen molar-refractivity contribution < 1.29 is 0 Å². The highest BCUT2D eigenvalue weighted by molar-refractivity contribution is 7.71. The van der Waals surface area contributed by atoms with Gasteiger partial charge in [-0.25, -0.2) is 14.1 Å². The van der Waals surface area contributed by atoms with Crippen LogP contribution in [0.15, 0.2) is 29.1 Å². The van der Waals surface area contributed by atoms with Gasteiger partial charge in [0.25, 0.3) is 5.56 Å². The average Bonchev–Trinajstić information content (AvgIpc) is 3.18. The molecule has 0 amide bonds. The van der Waals surface area contributed by atoms with Crippen LogP contribution in [0.2, 0.25) is 0 Å². The quantitative estimate of drug-likeness (QED) is 0.493. The van der Waals surface area contributed by atoms with Gasteiger partial charge in [-0.15, -0.1) is 16.4 Å². The molecule has 1 N–H and O–H groups in total. The van der Waals surface area contributed by atoms with Gasteiger partial charge in [0.05, 0.1) is 11.1 Å². The number of benzene rings is 1. The molecule has 1 aromatic carbocycles. The van der Waals surface area contributed by atoms with Crippen molar-refractivity contribution in [3.05, 3.63) is 55.4 Å². The lowest BCUT2D eigenvalue weighted by molar-refractivity contribution is 0.601. The van der Waals surface area contributed by atoms with Gasteiger partial charge in [0.1, 0.15) is 4.83 Å².